The second kappa shape index (κ2) is 8.42. The summed E-state index contributed by atoms with van der Waals surface area (Å²) in [5.41, 5.74) is 1.24. The molecule has 0 spiro atoms. The van der Waals surface area contributed by atoms with Gasteiger partial charge in [-0.3, -0.25) is 9.69 Å². The minimum Gasteiger partial charge on any atom is -0.748 e. The molecule has 1 atom stereocenters. The number of carboxylic acid groups (broad SMARTS) is 1. The van der Waals surface area contributed by atoms with E-state index < -0.39 is 27.9 Å². The number of likely N-dealkylation sites (tertiary alicyclic amines) is 1. The molecule has 1 N–H and O–H groups in total. The number of carbonyl (C=O) groups is 1. The van der Waals surface area contributed by atoms with Crippen LogP contribution in [0.4, 0.5) is 0 Å². The smallest absolute Gasteiger partial charge is 0.748 e. The molecule has 0 bridgehead atoms. The van der Waals surface area contributed by atoms with E-state index in [9.17, 15) is 22.9 Å². The number of carboxylic acids is 1. The Labute approximate surface area is 152 Å². The van der Waals surface area contributed by atoms with Crippen LogP contribution in [0.1, 0.15) is 24.0 Å². The fourth-order valence-corrected chi connectivity index (χ4v) is 3.23. The molecule has 1 aromatic rings. The van der Waals surface area contributed by atoms with Gasteiger partial charge >= 0.3 is 35.5 Å². The van der Waals surface area contributed by atoms with Gasteiger partial charge < -0.3 is 9.66 Å². The first-order valence-electron chi connectivity index (χ1n) is 6.83. The van der Waals surface area contributed by atoms with E-state index in [-0.39, 0.29) is 29.6 Å². The molecule has 1 saturated heterocycles. The number of benzene rings is 1. The van der Waals surface area contributed by atoms with E-state index in [0.29, 0.717) is 12.0 Å². The predicted molar refractivity (Wildman–Crippen MR) is 75.8 cm³/mol. The van der Waals surface area contributed by atoms with Gasteiger partial charge in [0.2, 0.25) is 0 Å². The van der Waals surface area contributed by atoms with Gasteiger partial charge in [-0.05, 0) is 43.5 Å². The number of hydrogen-bond donors (Lipinski definition) is 1. The van der Waals surface area contributed by atoms with E-state index in [1.54, 1.807) is 24.3 Å². The van der Waals surface area contributed by atoms with Crippen LogP contribution in [0.2, 0.25) is 0 Å². The van der Waals surface area contributed by atoms with E-state index >= 15 is 0 Å². The van der Waals surface area contributed by atoms with E-state index in [1.165, 1.54) is 0 Å². The molecule has 22 heavy (non-hydrogen) atoms. The Morgan fingerprint density at radius 3 is 2.14 bits per heavy atom. The van der Waals surface area contributed by atoms with E-state index in [0.717, 1.165) is 31.5 Å². The maximum Gasteiger partial charge on any atom is 1.00 e. The molecule has 0 amide bonds. The Kier molecular flexibility index (Phi) is 7.51. The zero-order chi connectivity index (χ0) is 15.5. The van der Waals surface area contributed by atoms with Crippen LogP contribution in [-0.2, 0) is 27.1 Å². The topological polar surface area (TPSA) is 97.7 Å². The molecule has 1 aliphatic heterocycles. The SMILES string of the molecule is O=C(O)[C@H](Cc1ccc(CS(=O)(=O)[O-])cc1)N1CCCC1.[Na+]. The third-order valence-electron chi connectivity index (χ3n) is 3.66. The molecule has 0 unspecified atom stereocenters. The first kappa shape index (κ1) is 19.6. The standard InChI is InChI=1S/C14H19NO5S.Na/c16-14(17)13(15-7-1-2-8-15)9-11-3-5-12(6-4-11)10-21(18,19)20;/h3-6,13H,1-2,7-10H2,(H,16,17)(H,18,19,20);/q;+1/p-1/t13-;/m0./s1. The molecule has 1 fully saturated rings. The molecule has 1 aromatic carbocycles. The van der Waals surface area contributed by atoms with Gasteiger partial charge in [-0.25, -0.2) is 8.42 Å². The molecule has 0 aromatic heterocycles. The molecule has 6 nitrogen and oxygen atoms in total. The molecule has 1 aliphatic rings. The second-order valence-electron chi connectivity index (χ2n) is 5.32. The van der Waals surface area contributed by atoms with Crippen LogP contribution < -0.4 is 29.6 Å². The van der Waals surface area contributed by atoms with Gasteiger partial charge in [0.15, 0.2) is 0 Å². The summed E-state index contributed by atoms with van der Waals surface area (Å²) in [4.78, 5) is 13.3. The Balaban J connectivity index is 0.00000242. The molecule has 1 heterocycles. The largest absolute Gasteiger partial charge is 1.00 e. The van der Waals surface area contributed by atoms with Crippen molar-refractivity contribution < 1.29 is 52.4 Å². The monoisotopic (exact) mass is 335 g/mol. The van der Waals surface area contributed by atoms with Gasteiger partial charge in [0.1, 0.15) is 6.04 Å². The zero-order valence-electron chi connectivity index (χ0n) is 12.6. The summed E-state index contributed by atoms with van der Waals surface area (Å²) in [6.45, 7) is 1.59. The van der Waals surface area contributed by atoms with Gasteiger partial charge in [-0.1, -0.05) is 24.3 Å². The Hall–Kier alpha value is -0.440. The van der Waals surface area contributed by atoms with Gasteiger partial charge in [0.05, 0.1) is 15.9 Å². The molecule has 0 radical (unpaired) electrons. The molecular weight excluding hydrogens is 317 g/mol. The summed E-state index contributed by atoms with van der Waals surface area (Å²) in [5.74, 6) is -1.38. The first-order valence-corrected chi connectivity index (χ1v) is 8.41. The van der Waals surface area contributed by atoms with Crippen molar-refractivity contribution in [1.82, 2.24) is 4.90 Å². The molecule has 0 saturated carbocycles. The summed E-state index contributed by atoms with van der Waals surface area (Å²) < 4.78 is 32.1. The van der Waals surface area contributed by atoms with Crippen molar-refractivity contribution in [3.63, 3.8) is 0 Å². The van der Waals surface area contributed by atoms with Crippen molar-refractivity contribution in [2.75, 3.05) is 13.1 Å². The Morgan fingerprint density at radius 2 is 1.68 bits per heavy atom. The summed E-state index contributed by atoms with van der Waals surface area (Å²) >= 11 is 0. The van der Waals surface area contributed by atoms with Gasteiger partial charge in [-0.2, -0.15) is 0 Å². The van der Waals surface area contributed by atoms with Gasteiger partial charge in [0, 0.05) is 0 Å². The van der Waals surface area contributed by atoms with Gasteiger partial charge in [0.25, 0.3) is 0 Å². The second-order valence-corrected chi connectivity index (χ2v) is 6.72. The van der Waals surface area contributed by atoms with Crippen LogP contribution in [-0.4, -0.2) is 48.1 Å². The number of hydrogen-bond acceptors (Lipinski definition) is 5. The minimum atomic E-state index is -4.29. The van der Waals surface area contributed by atoms with Crippen LogP contribution in [0.5, 0.6) is 0 Å². The fraction of sp³-hybridized carbons (Fsp3) is 0.500. The Morgan fingerprint density at radius 1 is 1.18 bits per heavy atom. The van der Waals surface area contributed by atoms with Crippen LogP contribution in [0.15, 0.2) is 24.3 Å². The van der Waals surface area contributed by atoms with Crippen molar-refractivity contribution in [3.05, 3.63) is 35.4 Å². The van der Waals surface area contributed by atoms with Crippen LogP contribution in [0.25, 0.3) is 0 Å². The average molecular weight is 335 g/mol. The van der Waals surface area contributed by atoms with Gasteiger partial charge in [-0.15, -0.1) is 0 Å². The number of rotatable bonds is 6. The average Bonchev–Trinajstić information content (AvgIpc) is 2.89. The third kappa shape index (κ3) is 5.98. The van der Waals surface area contributed by atoms with Crippen molar-refractivity contribution in [2.24, 2.45) is 0 Å². The van der Waals surface area contributed by atoms with Crippen molar-refractivity contribution in [2.45, 2.75) is 31.1 Å². The zero-order valence-corrected chi connectivity index (χ0v) is 15.4. The summed E-state index contributed by atoms with van der Waals surface area (Å²) in [6, 6.07) is 5.95. The van der Waals surface area contributed by atoms with E-state index in [4.69, 9.17) is 0 Å². The maximum absolute atomic E-state index is 11.4. The van der Waals surface area contributed by atoms with Crippen LogP contribution in [0, 0.1) is 0 Å². The molecule has 8 heteroatoms. The quantitative estimate of drug-likeness (QED) is 0.469. The predicted octanol–water partition coefficient (Wildman–Crippen LogP) is -2.17. The summed E-state index contributed by atoms with van der Waals surface area (Å²) in [5, 5.41) is 9.34. The third-order valence-corrected chi connectivity index (χ3v) is 4.35. The van der Waals surface area contributed by atoms with E-state index in [2.05, 4.69) is 0 Å². The molecule has 116 valence electrons. The summed E-state index contributed by atoms with van der Waals surface area (Å²) in [6.07, 6.45) is 2.41. The van der Waals surface area contributed by atoms with Crippen molar-refractivity contribution in [3.8, 4) is 0 Å². The van der Waals surface area contributed by atoms with Crippen molar-refractivity contribution >= 4 is 16.1 Å². The summed E-state index contributed by atoms with van der Waals surface area (Å²) in [7, 11) is -4.29. The molecule has 0 aliphatic carbocycles. The number of nitrogens with zero attached hydrogens (tertiary/aromatic N) is 1. The normalized spacial score (nSPS) is 17.0. The number of aliphatic carboxylic acids is 1. The Bertz CT molecular complexity index is 596. The first-order chi connectivity index (χ1) is 9.85. The van der Waals surface area contributed by atoms with Crippen LogP contribution >= 0.6 is 0 Å². The molecule has 2 rings (SSSR count). The fourth-order valence-electron chi connectivity index (χ4n) is 2.62. The maximum atomic E-state index is 11.4. The van der Waals surface area contributed by atoms with E-state index in [1.807, 2.05) is 4.90 Å². The molecular formula is C14H18NNaO5S. The van der Waals surface area contributed by atoms with Crippen molar-refractivity contribution in [1.29, 1.82) is 0 Å². The van der Waals surface area contributed by atoms with Crippen LogP contribution in [0.3, 0.4) is 0 Å². The minimum absolute atomic E-state index is 0.